The van der Waals surface area contributed by atoms with Crippen molar-refractivity contribution in [1.29, 1.82) is 0 Å². The van der Waals surface area contributed by atoms with E-state index < -0.39 is 24.0 Å². The zero-order valence-electron chi connectivity index (χ0n) is 12.9. The molecule has 24 heavy (non-hydrogen) atoms. The van der Waals surface area contributed by atoms with Gasteiger partial charge in [-0.2, -0.15) is 0 Å². The van der Waals surface area contributed by atoms with Crippen LogP contribution >= 0.6 is 0 Å². The molecule has 0 aliphatic carbocycles. The van der Waals surface area contributed by atoms with Crippen LogP contribution in [-0.4, -0.2) is 47.3 Å². The molecule has 0 radical (unpaired) electrons. The van der Waals surface area contributed by atoms with E-state index in [1.54, 1.807) is 19.1 Å². The van der Waals surface area contributed by atoms with E-state index in [2.05, 4.69) is 5.16 Å². The summed E-state index contributed by atoms with van der Waals surface area (Å²) in [6.45, 7) is 2.17. The number of amides is 2. The molecule has 3 fully saturated rings. The van der Waals surface area contributed by atoms with E-state index in [1.807, 2.05) is 0 Å². The number of likely N-dealkylation sites (tertiary alicyclic amines) is 1. The molecule has 1 aromatic rings. The highest BCUT2D eigenvalue weighted by atomic mass is 19.1. The summed E-state index contributed by atoms with van der Waals surface area (Å²) in [6, 6.07) is 6.02. The molecule has 4 aliphatic heterocycles. The van der Waals surface area contributed by atoms with Crippen LogP contribution in [0.3, 0.4) is 0 Å². The van der Waals surface area contributed by atoms with Gasteiger partial charge in [0.05, 0.1) is 29.6 Å². The number of fused-ring (bicyclic) bond motifs is 8. The van der Waals surface area contributed by atoms with Crippen LogP contribution in [0, 0.1) is 23.6 Å². The Hall–Kier alpha value is -2.28. The molecule has 6 atom stereocenters. The van der Waals surface area contributed by atoms with Crippen LogP contribution in [0.15, 0.2) is 29.4 Å². The minimum atomic E-state index is -0.466. The monoisotopic (exact) mass is 330 g/mol. The first-order valence-electron chi connectivity index (χ1n) is 8.12. The van der Waals surface area contributed by atoms with E-state index in [0.717, 1.165) is 5.56 Å². The second-order valence-corrected chi connectivity index (χ2v) is 6.62. The van der Waals surface area contributed by atoms with Crippen molar-refractivity contribution in [3.8, 4) is 0 Å². The van der Waals surface area contributed by atoms with Crippen LogP contribution in [0.4, 0.5) is 4.39 Å². The Morgan fingerprint density at radius 3 is 2.38 bits per heavy atom. The Morgan fingerprint density at radius 1 is 1.04 bits per heavy atom. The first kappa shape index (κ1) is 14.1. The fraction of sp³-hybridized carbons (Fsp3) is 0.471. The van der Waals surface area contributed by atoms with E-state index in [0.29, 0.717) is 12.3 Å². The largest absolute Gasteiger partial charge is 0.389 e. The topological polar surface area (TPSA) is 68.2 Å². The summed E-state index contributed by atoms with van der Waals surface area (Å²) in [5.74, 6) is -1.78. The summed E-state index contributed by atoms with van der Waals surface area (Å²) in [6.07, 6.45) is -1.21. The van der Waals surface area contributed by atoms with E-state index in [9.17, 15) is 14.0 Å². The van der Waals surface area contributed by atoms with Crippen LogP contribution in [0.25, 0.3) is 0 Å². The van der Waals surface area contributed by atoms with Gasteiger partial charge in [0.2, 0.25) is 11.8 Å². The zero-order valence-corrected chi connectivity index (χ0v) is 12.9. The second-order valence-electron chi connectivity index (χ2n) is 6.62. The Balaban J connectivity index is 1.51. The third-order valence-electron chi connectivity index (χ3n) is 5.59. The number of carbonyl (C=O) groups is 2. The average Bonchev–Trinajstić information content (AvgIpc) is 3.29. The van der Waals surface area contributed by atoms with Crippen LogP contribution in [0.5, 0.6) is 0 Å². The molecule has 2 amide bonds. The van der Waals surface area contributed by atoms with Crippen molar-refractivity contribution in [2.24, 2.45) is 22.9 Å². The van der Waals surface area contributed by atoms with E-state index in [-0.39, 0.29) is 29.7 Å². The normalized spacial score (nSPS) is 39.1. The number of nitrogens with zero attached hydrogens (tertiary/aromatic N) is 2. The fourth-order valence-electron chi connectivity index (χ4n) is 4.59. The lowest BCUT2D eigenvalue weighted by atomic mass is 9.71. The van der Waals surface area contributed by atoms with Gasteiger partial charge in [0.15, 0.2) is 6.10 Å². The van der Waals surface area contributed by atoms with Gasteiger partial charge in [-0.1, -0.05) is 17.3 Å². The number of halogens is 1. The third kappa shape index (κ3) is 1.55. The lowest BCUT2D eigenvalue weighted by molar-refractivity contribution is -0.142. The molecule has 0 N–H and O–H groups in total. The summed E-state index contributed by atoms with van der Waals surface area (Å²) in [5.41, 5.74) is 1.42. The first-order chi connectivity index (χ1) is 11.6. The molecule has 7 heteroatoms. The van der Waals surface area contributed by atoms with E-state index in [1.165, 1.54) is 17.0 Å². The number of hydrogen-bond acceptors (Lipinski definition) is 5. The molecule has 3 saturated heterocycles. The lowest BCUT2D eigenvalue weighted by Crippen LogP contribution is -2.45. The smallest absolute Gasteiger partial charge is 0.235 e. The van der Waals surface area contributed by atoms with Crippen molar-refractivity contribution in [2.45, 2.75) is 25.2 Å². The SMILES string of the molecule is CCN1C(=O)C2C3OC(C4C(c5ccc(F)cc5)=NOC34)C2C1=O. The average molecular weight is 330 g/mol. The van der Waals surface area contributed by atoms with Gasteiger partial charge in [-0.05, 0) is 19.1 Å². The van der Waals surface area contributed by atoms with Gasteiger partial charge in [0.25, 0.3) is 0 Å². The molecule has 0 spiro atoms. The maximum Gasteiger partial charge on any atom is 0.235 e. The van der Waals surface area contributed by atoms with Gasteiger partial charge in [-0.3, -0.25) is 14.5 Å². The molecule has 6 unspecified atom stereocenters. The van der Waals surface area contributed by atoms with Crippen molar-refractivity contribution in [1.82, 2.24) is 4.90 Å². The van der Waals surface area contributed by atoms with Gasteiger partial charge in [0.1, 0.15) is 11.9 Å². The predicted molar refractivity (Wildman–Crippen MR) is 79.3 cm³/mol. The molecular weight excluding hydrogens is 315 g/mol. The number of hydrogen-bond donors (Lipinski definition) is 0. The van der Waals surface area contributed by atoms with Crippen LogP contribution in [0.1, 0.15) is 12.5 Å². The highest BCUT2D eigenvalue weighted by Crippen LogP contribution is 2.54. The Bertz CT molecular complexity index is 777. The van der Waals surface area contributed by atoms with Gasteiger partial charge >= 0.3 is 0 Å². The Labute approximate surface area is 137 Å². The van der Waals surface area contributed by atoms with Crippen molar-refractivity contribution in [3.05, 3.63) is 35.6 Å². The summed E-state index contributed by atoms with van der Waals surface area (Å²) >= 11 is 0. The van der Waals surface area contributed by atoms with Crippen LogP contribution in [-0.2, 0) is 19.2 Å². The number of benzene rings is 1. The van der Waals surface area contributed by atoms with E-state index in [4.69, 9.17) is 9.57 Å². The molecule has 5 rings (SSSR count). The molecular formula is C17H15FN2O4. The first-order valence-corrected chi connectivity index (χ1v) is 8.12. The van der Waals surface area contributed by atoms with Gasteiger partial charge in [0, 0.05) is 12.1 Å². The van der Waals surface area contributed by atoms with E-state index >= 15 is 0 Å². The number of oxime groups is 1. The molecule has 124 valence electrons. The maximum absolute atomic E-state index is 13.2. The molecule has 4 heterocycles. The zero-order chi connectivity index (χ0) is 16.6. The van der Waals surface area contributed by atoms with Crippen LogP contribution in [0.2, 0.25) is 0 Å². The summed E-state index contributed by atoms with van der Waals surface area (Å²) < 4.78 is 19.1. The van der Waals surface area contributed by atoms with Crippen molar-refractivity contribution < 1.29 is 23.6 Å². The number of imide groups is 1. The molecule has 0 aromatic heterocycles. The molecule has 0 saturated carbocycles. The maximum atomic E-state index is 13.2. The Kier molecular flexibility index (Phi) is 2.72. The third-order valence-corrected chi connectivity index (χ3v) is 5.59. The highest BCUT2D eigenvalue weighted by molar-refractivity contribution is 6.09. The molecule has 1 aromatic carbocycles. The second kappa shape index (κ2) is 4.63. The summed E-state index contributed by atoms with van der Waals surface area (Å²) in [4.78, 5) is 31.9. The highest BCUT2D eigenvalue weighted by Gasteiger charge is 2.71. The minimum Gasteiger partial charge on any atom is -0.389 e. The lowest BCUT2D eigenvalue weighted by Gasteiger charge is -2.26. The Morgan fingerprint density at radius 2 is 1.71 bits per heavy atom. The standard InChI is InChI=1S/C17H15FN2O4/c1-2-20-16(21)9-10(17(20)22)14-15-11(13(9)23-14)12(19-24-15)7-3-5-8(18)6-4-7/h3-6,9-11,13-15H,2H2,1H3. The molecule has 6 nitrogen and oxygen atoms in total. The van der Waals surface area contributed by atoms with Crippen molar-refractivity contribution in [2.75, 3.05) is 6.54 Å². The summed E-state index contributed by atoms with van der Waals surface area (Å²) in [5, 5.41) is 4.16. The quantitative estimate of drug-likeness (QED) is 0.757. The van der Waals surface area contributed by atoms with Crippen LogP contribution < -0.4 is 0 Å². The number of ether oxygens (including phenoxy) is 1. The predicted octanol–water partition coefficient (Wildman–Crippen LogP) is 0.947. The van der Waals surface area contributed by atoms with Gasteiger partial charge in [-0.25, -0.2) is 4.39 Å². The van der Waals surface area contributed by atoms with Crippen molar-refractivity contribution in [3.63, 3.8) is 0 Å². The summed E-state index contributed by atoms with van der Waals surface area (Å²) in [7, 11) is 0. The minimum absolute atomic E-state index is 0.163. The van der Waals surface area contributed by atoms with Gasteiger partial charge < -0.3 is 9.57 Å². The fourth-order valence-corrected chi connectivity index (χ4v) is 4.59. The number of carbonyl (C=O) groups excluding carboxylic acids is 2. The number of rotatable bonds is 2. The molecule has 2 bridgehead atoms. The van der Waals surface area contributed by atoms with Gasteiger partial charge in [-0.15, -0.1) is 0 Å². The molecule has 4 aliphatic rings. The van der Waals surface area contributed by atoms with Crippen molar-refractivity contribution >= 4 is 17.5 Å².